The molecule has 182 valence electrons. The van der Waals surface area contributed by atoms with E-state index < -0.39 is 5.60 Å². The molecule has 5 rings (SSSR count). The first-order valence-corrected chi connectivity index (χ1v) is 13.8. The number of rotatable bonds is 3. The summed E-state index contributed by atoms with van der Waals surface area (Å²) in [5, 5.41) is 25.5. The van der Waals surface area contributed by atoms with E-state index in [1.165, 1.54) is 44.9 Å². The molecule has 0 aliphatic heterocycles. The lowest BCUT2D eigenvalue weighted by molar-refractivity contribution is -0.192. The van der Waals surface area contributed by atoms with Gasteiger partial charge in [0.15, 0.2) is 0 Å². The largest absolute Gasteiger partial charge is 0.388 e. The van der Waals surface area contributed by atoms with E-state index in [-0.39, 0.29) is 11.3 Å². The van der Waals surface area contributed by atoms with E-state index >= 15 is 0 Å². The van der Waals surface area contributed by atoms with Crippen molar-refractivity contribution in [2.75, 3.05) is 0 Å². The van der Waals surface area contributed by atoms with Crippen LogP contribution in [0.2, 0.25) is 0 Å². The Kier molecular flexibility index (Phi) is 5.96. The van der Waals surface area contributed by atoms with Gasteiger partial charge >= 0.3 is 0 Å². The van der Waals surface area contributed by atoms with Crippen LogP contribution in [0.3, 0.4) is 0 Å². The highest BCUT2D eigenvalue weighted by molar-refractivity contribution is 5.21. The summed E-state index contributed by atoms with van der Waals surface area (Å²) >= 11 is 0. The minimum Gasteiger partial charge on any atom is -0.388 e. The van der Waals surface area contributed by atoms with Gasteiger partial charge in [0.2, 0.25) is 0 Å². The number of nitrogens with zero attached hydrogens (tertiary/aromatic N) is 3. The highest BCUT2D eigenvalue weighted by atomic mass is 16.3. The normalized spacial score (nSPS) is 46.9. The van der Waals surface area contributed by atoms with Crippen molar-refractivity contribution in [2.45, 2.75) is 98.1 Å². The monoisotopic (exact) mass is 451 g/mol. The van der Waals surface area contributed by atoms with Crippen molar-refractivity contribution in [2.24, 2.45) is 58.7 Å². The third kappa shape index (κ3) is 3.87. The molecule has 0 radical (unpaired) electrons. The summed E-state index contributed by atoms with van der Waals surface area (Å²) in [4.78, 5) is 0. The number of aliphatic hydroxyl groups is 1. The van der Waals surface area contributed by atoms with E-state index in [0.29, 0.717) is 23.9 Å². The molecule has 4 saturated carbocycles. The number of nitriles is 1. The number of aromatic nitrogens is 2. The molecule has 1 heterocycles. The summed E-state index contributed by atoms with van der Waals surface area (Å²) in [6, 6.07) is 2.17. The number of hydrogen-bond acceptors (Lipinski definition) is 3. The van der Waals surface area contributed by atoms with Crippen LogP contribution < -0.4 is 0 Å². The third-order valence-electron chi connectivity index (χ3n) is 11.4. The second kappa shape index (κ2) is 8.40. The van der Waals surface area contributed by atoms with Crippen molar-refractivity contribution in [1.29, 1.82) is 5.26 Å². The summed E-state index contributed by atoms with van der Waals surface area (Å²) in [6.07, 6.45) is 14.3. The minimum atomic E-state index is -0.829. The van der Waals surface area contributed by atoms with Crippen molar-refractivity contribution < 1.29 is 5.11 Å². The van der Waals surface area contributed by atoms with Gasteiger partial charge < -0.3 is 5.11 Å². The maximum Gasteiger partial charge on any atom is 0.102 e. The molecule has 11 atom stereocenters. The average molecular weight is 452 g/mol. The van der Waals surface area contributed by atoms with E-state index in [0.717, 1.165) is 41.9 Å². The van der Waals surface area contributed by atoms with Crippen molar-refractivity contribution in [3.8, 4) is 6.07 Å². The summed E-state index contributed by atoms with van der Waals surface area (Å²) in [5.41, 5.74) is -0.0827. The Bertz CT molecular complexity index is 899. The minimum absolute atomic E-state index is 0.177. The third-order valence-corrected chi connectivity index (χ3v) is 11.4. The molecule has 4 heteroatoms. The first-order valence-electron chi connectivity index (χ1n) is 13.8. The maximum atomic E-state index is 12.0. The van der Waals surface area contributed by atoms with Crippen LogP contribution in [0, 0.1) is 70.0 Å². The van der Waals surface area contributed by atoms with Gasteiger partial charge in [-0.25, -0.2) is 0 Å². The molecule has 0 saturated heterocycles. The predicted octanol–water partition coefficient (Wildman–Crippen LogP) is 6.29. The van der Waals surface area contributed by atoms with Crippen LogP contribution >= 0.6 is 0 Å². The molecule has 4 fully saturated rings. The summed E-state index contributed by atoms with van der Waals surface area (Å²) < 4.78 is 1.79. The summed E-state index contributed by atoms with van der Waals surface area (Å²) in [6.45, 7) is 12.5. The Morgan fingerprint density at radius 1 is 1.12 bits per heavy atom. The molecule has 1 N–H and O–H groups in total. The van der Waals surface area contributed by atoms with Crippen molar-refractivity contribution in [1.82, 2.24) is 9.78 Å². The first kappa shape index (κ1) is 23.4. The summed E-state index contributed by atoms with van der Waals surface area (Å²) in [5.74, 6) is 6.95. The number of fused-ring (bicyclic) bond motifs is 5. The molecule has 0 aromatic carbocycles. The zero-order valence-electron chi connectivity index (χ0n) is 21.5. The van der Waals surface area contributed by atoms with Crippen LogP contribution in [0.1, 0.15) is 91.5 Å². The fourth-order valence-corrected chi connectivity index (χ4v) is 9.88. The molecule has 4 unspecified atom stereocenters. The lowest BCUT2D eigenvalue weighted by Gasteiger charge is -2.65. The Labute approximate surface area is 201 Å². The molecule has 0 spiro atoms. The molecule has 4 nitrogen and oxygen atoms in total. The van der Waals surface area contributed by atoms with Crippen molar-refractivity contribution >= 4 is 0 Å². The van der Waals surface area contributed by atoms with Gasteiger partial charge in [-0.05, 0) is 111 Å². The Balaban J connectivity index is 1.43. The molecule has 1 aromatic rings. The van der Waals surface area contributed by atoms with Gasteiger partial charge in [0, 0.05) is 6.20 Å². The van der Waals surface area contributed by atoms with Crippen LogP contribution in [0.5, 0.6) is 0 Å². The first-order chi connectivity index (χ1) is 15.6. The van der Waals surface area contributed by atoms with Crippen molar-refractivity contribution in [3.05, 3.63) is 18.0 Å². The zero-order valence-corrected chi connectivity index (χ0v) is 21.5. The lowest BCUT2D eigenvalue weighted by Crippen LogP contribution is -2.61. The topological polar surface area (TPSA) is 61.8 Å². The van der Waals surface area contributed by atoms with E-state index in [2.05, 4.69) is 38.9 Å². The van der Waals surface area contributed by atoms with E-state index in [9.17, 15) is 10.4 Å². The molecule has 33 heavy (non-hydrogen) atoms. The lowest BCUT2D eigenvalue weighted by atomic mass is 9.40. The zero-order chi connectivity index (χ0) is 23.5. The fourth-order valence-electron chi connectivity index (χ4n) is 9.88. The van der Waals surface area contributed by atoms with E-state index in [1.54, 1.807) is 17.1 Å². The fraction of sp³-hybridized carbons (Fsp3) is 0.862. The molecular weight excluding hydrogens is 406 g/mol. The Hall–Kier alpha value is -1.34. The van der Waals surface area contributed by atoms with Gasteiger partial charge in [-0.3, -0.25) is 4.68 Å². The molecule has 0 amide bonds. The predicted molar refractivity (Wildman–Crippen MR) is 131 cm³/mol. The SMILES string of the molecule is CC1C2[C@@H]3CCC4C[C@@H](C)CC[C@@H]4C3CC[C@]2(C)[C@@H]([C@](C)(O)Cn2cc(C#N)cn2)C[C@@H]1C. The van der Waals surface area contributed by atoms with Gasteiger partial charge in [-0.2, -0.15) is 10.4 Å². The molecule has 1 aromatic heterocycles. The average Bonchev–Trinajstić information content (AvgIpc) is 3.22. The second-order valence-corrected chi connectivity index (χ2v) is 13.3. The van der Waals surface area contributed by atoms with Crippen LogP contribution in [0.25, 0.3) is 0 Å². The highest BCUT2D eigenvalue weighted by Gasteiger charge is 2.61. The van der Waals surface area contributed by atoms with Gasteiger partial charge in [0.05, 0.1) is 23.9 Å². The molecule has 0 bridgehead atoms. The van der Waals surface area contributed by atoms with Gasteiger partial charge in [0.25, 0.3) is 0 Å². The van der Waals surface area contributed by atoms with Crippen molar-refractivity contribution in [3.63, 3.8) is 0 Å². The molecule has 4 aliphatic carbocycles. The Morgan fingerprint density at radius 2 is 1.88 bits per heavy atom. The highest BCUT2D eigenvalue weighted by Crippen LogP contribution is 2.66. The van der Waals surface area contributed by atoms with Gasteiger partial charge in [-0.15, -0.1) is 0 Å². The van der Waals surface area contributed by atoms with Gasteiger partial charge in [0.1, 0.15) is 6.07 Å². The van der Waals surface area contributed by atoms with Gasteiger partial charge in [-0.1, -0.05) is 34.1 Å². The second-order valence-electron chi connectivity index (χ2n) is 13.3. The van der Waals surface area contributed by atoms with Crippen LogP contribution in [-0.4, -0.2) is 20.5 Å². The summed E-state index contributed by atoms with van der Waals surface area (Å²) in [7, 11) is 0. The quantitative estimate of drug-likeness (QED) is 0.587. The van der Waals surface area contributed by atoms with Crippen LogP contribution in [-0.2, 0) is 6.54 Å². The standard InChI is InChI=1S/C29H45N3O/c1-18-6-8-23-22(12-18)7-9-25-24(23)10-11-28(4)26(13-19(2)20(3)27(25)28)29(5,33)17-32-16-21(14-30)15-31-32/h15-16,18-20,22-27,33H,6-13,17H2,1-5H3/t18-,19-,20?,22?,23-,24?,25+,26-,27?,28+,29+/m0/s1. The van der Waals surface area contributed by atoms with Crippen LogP contribution in [0.4, 0.5) is 0 Å². The van der Waals surface area contributed by atoms with Crippen LogP contribution in [0.15, 0.2) is 12.4 Å². The van der Waals surface area contributed by atoms with E-state index in [4.69, 9.17) is 0 Å². The maximum absolute atomic E-state index is 12.0. The molecule has 4 aliphatic rings. The molecular formula is C29H45N3O. The smallest absolute Gasteiger partial charge is 0.102 e. The van der Waals surface area contributed by atoms with E-state index in [1.807, 2.05) is 6.92 Å². The number of hydrogen-bond donors (Lipinski definition) is 1. The Morgan fingerprint density at radius 3 is 2.61 bits per heavy atom.